The molecule has 5 heteroatoms. The minimum absolute atomic E-state index is 0.144. The quantitative estimate of drug-likeness (QED) is 0.402. The van der Waals surface area contributed by atoms with E-state index in [1.165, 1.54) is 12.8 Å². The Bertz CT molecular complexity index is 1300. The molecule has 0 radical (unpaired) electrons. The second-order valence-electron chi connectivity index (χ2n) is 8.75. The molecular formula is C27H25NO4. The van der Waals surface area contributed by atoms with E-state index in [4.69, 9.17) is 13.9 Å². The van der Waals surface area contributed by atoms with Crippen LogP contribution in [0.2, 0.25) is 0 Å². The highest BCUT2D eigenvalue weighted by Crippen LogP contribution is 2.35. The smallest absolute Gasteiger partial charge is 0.231 e. The van der Waals surface area contributed by atoms with Gasteiger partial charge in [0.2, 0.25) is 12.7 Å². The van der Waals surface area contributed by atoms with Gasteiger partial charge in [-0.3, -0.25) is 4.79 Å². The molecule has 1 aromatic heterocycles. The Hall–Kier alpha value is -3.47. The summed E-state index contributed by atoms with van der Waals surface area (Å²) in [5, 5.41) is 3.33. The fraction of sp³-hybridized carbons (Fsp3) is 0.296. The van der Waals surface area contributed by atoms with Crippen LogP contribution < -0.4 is 9.47 Å². The molecule has 2 heterocycles. The lowest BCUT2D eigenvalue weighted by atomic mass is 10.0. The predicted octanol–water partition coefficient (Wildman–Crippen LogP) is 5.83. The zero-order chi connectivity index (χ0) is 21.5. The molecule has 1 aliphatic carbocycles. The summed E-state index contributed by atoms with van der Waals surface area (Å²) in [4.78, 5) is 15.7. The molecule has 0 spiro atoms. The number of carbonyl (C=O) groups is 1. The van der Waals surface area contributed by atoms with Crippen LogP contribution in [0, 0.1) is 0 Å². The highest BCUT2D eigenvalue weighted by molar-refractivity contribution is 6.08. The van der Waals surface area contributed by atoms with Crippen molar-refractivity contribution in [3.63, 3.8) is 0 Å². The van der Waals surface area contributed by atoms with Gasteiger partial charge in [-0.25, -0.2) is 0 Å². The van der Waals surface area contributed by atoms with E-state index in [1.54, 1.807) is 6.26 Å². The first-order chi connectivity index (χ1) is 15.8. The fourth-order valence-corrected chi connectivity index (χ4v) is 5.14. The van der Waals surface area contributed by atoms with E-state index in [2.05, 4.69) is 23.1 Å². The average molecular weight is 428 g/mol. The highest BCUT2D eigenvalue weighted by atomic mass is 16.7. The SMILES string of the molecule is O=C(Cc1coc2ccc3ccccc3c12)N(Cc1ccc2c(c1)OCO2)C1CCCC1. The van der Waals surface area contributed by atoms with Gasteiger partial charge in [-0.1, -0.05) is 49.2 Å². The van der Waals surface area contributed by atoms with E-state index >= 15 is 0 Å². The molecule has 5 nitrogen and oxygen atoms in total. The van der Waals surface area contributed by atoms with E-state index in [-0.39, 0.29) is 18.7 Å². The number of benzene rings is 3. The van der Waals surface area contributed by atoms with Gasteiger partial charge in [0.15, 0.2) is 11.5 Å². The van der Waals surface area contributed by atoms with Crippen molar-refractivity contribution >= 4 is 27.6 Å². The molecule has 4 aromatic rings. The van der Waals surface area contributed by atoms with Gasteiger partial charge in [-0.15, -0.1) is 0 Å². The number of furan rings is 1. The third-order valence-electron chi connectivity index (χ3n) is 6.76. The zero-order valence-corrected chi connectivity index (χ0v) is 17.9. The molecule has 1 fully saturated rings. The van der Waals surface area contributed by atoms with Gasteiger partial charge >= 0.3 is 0 Å². The molecule has 1 saturated carbocycles. The molecule has 0 unspecified atom stereocenters. The Morgan fingerprint density at radius 1 is 0.969 bits per heavy atom. The molecule has 0 atom stereocenters. The van der Waals surface area contributed by atoms with Crippen LogP contribution in [0.3, 0.4) is 0 Å². The topological polar surface area (TPSA) is 51.9 Å². The molecular weight excluding hydrogens is 402 g/mol. The van der Waals surface area contributed by atoms with Crippen molar-refractivity contribution in [2.24, 2.45) is 0 Å². The van der Waals surface area contributed by atoms with Crippen LogP contribution in [0.15, 0.2) is 65.3 Å². The lowest BCUT2D eigenvalue weighted by Crippen LogP contribution is -2.39. The van der Waals surface area contributed by atoms with Crippen molar-refractivity contribution in [2.75, 3.05) is 6.79 Å². The number of nitrogens with zero attached hydrogens (tertiary/aromatic N) is 1. The van der Waals surface area contributed by atoms with Crippen LogP contribution >= 0.6 is 0 Å². The van der Waals surface area contributed by atoms with Gasteiger partial charge in [-0.2, -0.15) is 0 Å². The summed E-state index contributed by atoms with van der Waals surface area (Å²) < 4.78 is 16.8. The number of amides is 1. The van der Waals surface area contributed by atoms with Gasteiger partial charge in [0.05, 0.1) is 12.7 Å². The first-order valence-electron chi connectivity index (χ1n) is 11.3. The van der Waals surface area contributed by atoms with E-state index < -0.39 is 0 Å². The maximum absolute atomic E-state index is 13.6. The zero-order valence-electron chi connectivity index (χ0n) is 17.9. The first kappa shape index (κ1) is 19.2. The van der Waals surface area contributed by atoms with Crippen LogP contribution in [0.25, 0.3) is 21.7 Å². The third-order valence-corrected chi connectivity index (χ3v) is 6.76. The van der Waals surface area contributed by atoms with Crippen molar-refractivity contribution in [2.45, 2.75) is 44.7 Å². The summed E-state index contributed by atoms with van der Waals surface area (Å²) in [6.45, 7) is 0.836. The Labute approximate surface area is 186 Å². The lowest BCUT2D eigenvalue weighted by molar-refractivity contribution is -0.133. The molecule has 6 rings (SSSR count). The molecule has 0 saturated heterocycles. The second-order valence-corrected chi connectivity index (χ2v) is 8.75. The van der Waals surface area contributed by atoms with Gasteiger partial charge in [0.1, 0.15) is 5.58 Å². The number of fused-ring (bicyclic) bond motifs is 4. The third kappa shape index (κ3) is 3.38. The normalized spacial score (nSPS) is 15.6. The summed E-state index contributed by atoms with van der Waals surface area (Å²) in [7, 11) is 0. The molecule has 1 aliphatic heterocycles. The predicted molar refractivity (Wildman–Crippen MR) is 123 cm³/mol. The number of hydrogen-bond donors (Lipinski definition) is 0. The highest BCUT2D eigenvalue weighted by Gasteiger charge is 2.28. The van der Waals surface area contributed by atoms with E-state index in [9.17, 15) is 4.79 Å². The van der Waals surface area contributed by atoms with Gasteiger partial charge in [0.25, 0.3) is 0 Å². The Kier molecular flexibility index (Phi) is 4.75. The second kappa shape index (κ2) is 7.90. The molecule has 162 valence electrons. The first-order valence-corrected chi connectivity index (χ1v) is 11.3. The van der Waals surface area contributed by atoms with Crippen LogP contribution in [0.1, 0.15) is 36.8 Å². The van der Waals surface area contributed by atoms with Gasteiger partial charge in [-0.05, 0) is 47.4 Å². The molecule has 0 bridgehead atoms. The monoisotopic (exact) mass is 427 g/mol. The number of hydrogen-bond acceptors (Lipinski definition) is 4. The van der Waals surface area contributed by atoms with Crippen molar-refractivity contribution in [1.29, 1.82) is 0 Å². The summed E-state index contributed by atoms with van der Waals surface area (Å²) in [6, 6.07) is 18.6. The summed E-state index contributed by atoms with van der Waals surface area (Å²) in [6.07, 6.45) is 6.56. The van der Waals surface area contributed by atoms with Crippen LogP contribution in [-0.2, 0) is 17.8 Å². The molecule has 0 N–H and O–H groups in total. The average Bonchev–Trinajstić information content (AvgIpc) is 3.58. The lowest BCUT2D eigenvalue weighted by Gasteiger charge is -2.29. The summed E-state index contributed by atoms with van der Waals surface area (Å²) in [5.74, 6) is 1.67. The number of ether oxygens (including phenoxy) is 2. The van der Waals surface area contributed by atoms with Crippen LogP contribution in [0.5, 0.6) is 11.5 Å². The fourth-order valence-electron chi connectivity index (χ4n) is 5.14. The number of carbonyl (C=O) groups excluding carboxylic acids is 1. The van der Waals surface area contributed by atoms with E-state index in [0.717, 1.165) is 57.2 Å². The molecule has 3 aromatic carbocycles. The van der Waals surface area contributed by atoms with Crippen LogP contribution in [-0.4, -0.2) is 23.6 Å². The van der Waals surface area contributed by atoms with Gasteiger partial charge in [0, 0.05) is 23.5 Å². The Morgan fingerprint density at radius 3 is 2.72 bits per heavy atom. The maximum atomic E-state index is 13.6. The Balaban J connectivity index is 1.32. The minimum Gasteiger partial charge on any atom is -0.464 e. The standard InChI is InChI=1S/C27H25NO4/c29-26(14-20-16-30-24-12-10-19-5-1-4-8-22(19)27(20)24)28(21-6-2-3-7-21)15-18-9-11-23-25(13-18)32-17-31-23/h1,4-5,8-13,16,21H,2-3,6-7,14-15,17H2. The summed E-state index contributed by atoms with van der Waals surface area (Å²) in [5.41, 5.74) is 2.85. The molecule has 32 heavy (non-hydrogen) atoms. The minimum atomic E-state index is 0.144. The van der Waals surface area contributed by atoms with E-state index in [0.29, 0.717) is 13.0 Å². The van der Waals surface area contributed by atoms with Crippen molar-refractivity contribution in [1.82, 2.24) is 4.90 Å². The van der Waals surface area contributed by atoms with E-state index in [1.807, 2.05) is 36.4 Å². The maximum Gasteiger partial charge on any atom is 0.231 e. The van der Waals surface area contributed by atoms with Crippen molar-refractivity contribution in [3.05, 3.63) is 72.0 Å². The molecule has 1 amide bonds. The largest absolute Gasteiger partial charge is 0.464 e. The van der Waals surface area contributed by atoms with Crippen molar-refractivity contribution in [3.8, 4) is 11.5 Å². The van der Waals surface area contributed by atoms with Crippen molar-refractivity contribution < 1.29 is 18.7 Å². The van der Waals surface area contributed by atoms with Crippen LogP contribution in [0.4, 0.5) is 0 Å². The Morgan fingerprint density at radius 2 is 1.81 bits per heavy atom. The summed E-state index contributed by atoms with van der Waals surface area (Å²) >= 11 is 0. The number of rotatable bonds is 5. The van der Waals surface area contributed by atoms with Gasteiger partial charge < -0.3 is 18.8 Å². The molecule has 2 aliphatic rings.